The molecule has 7 aromatic rings. The summed E-state index contributed by atoms with van der Waals surface area (Å²) in [7, 11) is 0. The van der Waals surface area contributed by atoms with E-state index in [1.54, 1.807) is 0 Å². The van der Waals surface area contributed by atoms with Gasteiger partial charge in [0, 0.05) is 5.41 Å². The van der Waals surface area contributed by atoms with Crippen LogP contribution in [-0.4, -0.2) is 0 Å². The molecule has 184 valence electrons. The van der Waals surface area contributed by atoms with Crippen molar-refractivity contribution in [1.82, 2.24) is 0 Å². The summed E-state index contributed by atoms with van der Waals surface area (Å²) < 4.78 is 42.5. The molecule has 0 radical (unpaired) electrons. The highest BCUT2D eigenvalue weighted by molar-refractivity contribution is 6.21. The Morgan fingerprint density at radius 3 is 1.62 bits per heavy atom. The molecular weight excluding hydrogens is 468 g/mol. The van der Waals surface area contributed by atoms with Crippen LogP contribution in [0.15, 0.2) is 133 Å². The number of benzene rings is 7. The van der Waals surface area contributed by atoms with Gasteiger partial charge in [0.1, 0.15) is 0 Å². The molecule has 0 saturated carbocycles. The monoisotopic (exact) mass is 501 g/mol. The minimum Gasteiger partial charge on any atom is -0.0622 e. The predicted molar refractivity (Wildman–Crippen MR) is 167 cm³/mol. The van der Waals surface area contributed by atoms with Crippen LogP contribution in [0.5, 0.6) is 0 Å². The lowest BCUT2D eigenvalue weighted by molar-refractivity contribution is 0.661. The van der Waals surface area contributed by atoms with E-state index in [2.05, 4.69) is 80.6 Å². The number of hydrogen-bond donors (Lipinski definition) is 0. The van der Waals surface area contributed by atoms with E-state index >= 15 is 0 Å². The summed E-state index contributed by atoms with van der Waals surface area (Å²) in [4.78, 5) is 0. The normalized spacial score (nSPS) is 15.4. The Kier molecular flexibility index (Phi) is 3.71. The molecule has 8 rings (SSSR count). The van der Waals surface area contributed by atoms with Gasteiger partial charge in [-0.05, 0) is 95.0 Å². The van der Waals surface area contributed by atoms with Crippen molar-refractivity contribution in [3.63, 3.8) is 0 Å². The van der Waals surface area contributed by atoms with Gasteiger partial charge < -0.3 is 0 Å². The molecule has 0 N–H and O–H groups in total. The molecule has 39 heavy (non-hydrogen) atoms. The van der Waals surface area contributed by atoms with Gasteiger partial charge in [-0.1, -0.05) is 129 Å². The number of hydrogen-bond acceptors (Lipinski definition) is 0. The lowest BCUT2D eigenvalue weighted by Gasteiger charge is -2.23. The second kappa shape index (κ2) is 8.16. The smallest absolute Gasteiger partial charge is 0.0622 e. The average Bonchev–Trinajstić information content (AvgIpc) is 3.26. The number of rotatable bonds is 2. The van der Waals surface area contributed by atoms with Gasteiger partial charge in [-0.3, -0.25) is 0 Å². The Balaban J connectivity index is 1.44. The summed E-state index contributed by atoms with van der Waals surface area (Å²) in [6.07, 6.45) is 0. The molecule has 0 spiro atoms. The maximum absolute atomic E-state index is 8.81. The van der Waals surface area contributed by atoms with Crippen LogP contribution in [0.25, 0.3) is 65.7 Å². The third-order valence-corrected chi connectivity index (χ3v) is 8.51. The van der Waals surface area contributed by atoms with E-state index in [0.29, 0.717) is 5.56 Å². The lowest BCUT2D eigenvalue weighted by Crippen LogP contribution is -2.15. The van der Waals surface area contributed by atoms with Crippen molar-refractivity contribution >= 4 is 32.3 Å². The quantitative estimate of drug-likeness (QED) is 0.207. The molecule has 0 nitrogen and oxygen atoms in total. The molecule has 0 amide bonds. The van der Waals surface area contributed by atoms with E-state index in [0.717, 1.165) is 32.7 Å². The van der Waals surface area contributed by atoms with Crippen LogP contribution in [0, 0.1) is 0 Å². The molecule has 0 saturated heterocycles. The molecule has 7 aromatic carbocycles. The van der Waals surface area contributed by atoms with E-state index in [4.69, 9.17) is 6.85 Å². The van der Waals surface area contributed by atoms with Crippen LogP contribution >= 0.6 is 0 Å². The summed E-state index contributed by atoms with van der Waals surface area (Å²) in [5.74, 6) is 0. The fourth-order valence-electron chi connectivity index (χ4n) is 6.66. The van der Waals surface area contributed by atoms with E-state index < -0.39 is 0 Å². The zero-order chi connectivity index (χ0) is 30.5. The summed E-state index contributed by atoms with van der Waals surface area (Å²) in [6.45, 7) is 4.60. The summed E-state index contributed by atoms with van der Waals surface area (Å²) in [6, 6.07) is 34.6. The van der Waals surface area contributed by atoms with E-state index in [-0.39, 0.29) is 41.2 Å². The molecule has 0 atom stereocenters. The second-order valence-corrected chi connectivity index (χ2v) is 11.0. The van der Waals surface area contributed by atoms with Crippen molar-refractivity contribution in [2.45, 2.75) is 19.3 Å². The first-order valence-electron chi connectivity index (χ1n) is 15.9. The Hall–Kier alpha value is -4.68. The molecule has 0 bridgehead atoms. The molecule has 0 heteroatoms. The highest BCUT2D eigenvalue weighted by Gasteiger charge is 2.36. The summed E-state index contributed by atoms with van der Waals surface area (Å²) >= 11 is 0. The van der Waals surface area contributed by atoms with Gasteiger partial charge in [0.2, 0.25) is 0 Å². The largest absolute Gasteiger partial charge is 0.0629 e. The first-order valence-corrected chi connectivity index (χ1v) is 13.4. The SMILES string of the molecule is [2H]c1c([2H])c([2H])c(-c2c3ccccc3c(-c3ccc4c(c3)C(C)(C)c3cc5ccccc5cc3-4)c3ccccc23)c([2H])c1[2H]. The van der Waals surface area contributed by atoms with Crippen molar-refractivity contribution in [2.75, 3.05) is 0 Å². The van der Waals surface area contributed by atoms with Gasteiger partial charge in [-0.2, -0.15) is 0 Å². The molecule has 0 heterocycles. The standard InChI is InChI=1S/C39H28/c1-39(2)35-24-28(20-21-29(35)34-22-26-14-6-7-15-27(26)23-36(34)39)38-32-18-10-8-16-30(32)37(25-12-4-3-5-13-25)31-17-9-11-19-33(31)38/h3-24H,1-2H3/i3D,4D,5D,12D,13D. The third kappa shape index (κ3) is 3.18. The van der Waals surface area contributed by atoms with Gasteiger partial charge in [0.25, 0.3) is 0 Å². The van der Waals surface area contributed by atoms with Gasteiger partial charge in [0.05, 0.1) is 6.85 Å². The van der Waals surface area contributed by atoms with Crippen LogP contribution in [0.1, 0.15) is 31.8 Å². The Bertz CT molecular complexity index is 2280. The highest BCUT2D eigenvalue weighted by atomic mass is 14.4. The Labute approximate surface area is 236 Å². The van der Waals surface area contributed by atoms with Crippen molar-refractivity contribution in [2.24, 2.45) is 0 Å². The first kappa shape index (κ1) is 17.8. The fraction of sp³-hybridized carbons (Fsp3) is 0.0769. The molecule has 0 unspecified atom stereocenters. The lowest BCUT2D eigenvalue weighted by atomic mass is 9.80. The molecule has 0 aliphatic heterocycles. The van der Waals surface area contributed by atoms with Crippen LogP contribution in [0.4, 0.5) is 0 Å². The highest BCUT2D eigenvalue weighted by Crippen LogP contribution is 2.52. The van der Waals surface area contributed by atoms with E-state index in [9.17, 15) is 0 Å². The van der Waals surface area contributed by atoms with Crippen molar-refractivity contribution in [3.8, 4) is 33.4 Å². The zero-order valence-corrected chi connectivity index (χ0v) is 21.8. The molecule has 0 fully saturated rings. The van der Waals surface area contributed by atoms with E-state index in [1.807, 2.05) is 36.4 Å². The van der Waals surface area contributed by atoms with Crippen LogP contribution in [0.2, 0.25) is 0 Å². The Morgan fingerprint density at radius 1 is 0.487 bits per heavy atom. The molecule has 0 aromatic heterocycles. The van der Waals surface area contributed by atoms with E-state index in [1.165, 1.54) is 33.0 Å². The Morgan fingerprint density at radius 2 is 1.00 bits per heavy atom. The first-order chi connectivity index (χ1) is 21.2. The minimum atomic E-state index is -0.386. The third-order valence-electron chi connectivity index (χ3n) is 8.51. The van der Waals surface area contributed by atoms with Crippen LogP contribution < -0.4 is 0 Å². The summed E-state index contributed by atoms with van der Waals surface area (Å²) in [5, 5.41) is 6.15. The predicted octanol–water partition coefficient (Wildman–Crippen LogP) is 10.8. The maximum Gasteiger partial charge on any atom is 0.0629 e. The van der Waals surface area contributed by atoms with Crippen molar-refractivity contribution in [1.29, 1.82) is 0 Å². The van der Waals surface area contributed by atoms with Crippen LogP contribution in [0.3, 0.4) is 0 Å². The van der Waals surface area contributed by atoms with Gasteiger partial charge in [0.15, 0.2) is 0 Å². The van der Waals surface area contributed by atoms with Crippen molar-refractivity contribution in [3.05, 3.63) is 144 Å². The molecule has 1 aliphatic rings. The van der Waals surface area contributed by atoms with Gasteiger partial charge in [-0.25, -0.2) is 0 Å². The fourth-order valence-corrected chi connectivity index (χ4v) is 6.66. The van der Waals surface area contributed by atoms with Crippen LogP contribution in [-0.2, 0) is 5.41 Å². The topological polar surface area (TPSA) is 0 Å². The summed E-state index contributed by atoms with van der Waals surface area (Å²) in [5.41, 5.74) is 8.01. The van der Waals surface area contributed by atoms with Gasteiger partial charge >= 0.3 is 0 Å². The second-order valence-electron chi connectivity index (χ2n) is 11.0. The number of fused-ring (bicyclic) bond motifs is 6. The average molecular weight is 502 g/mol. The molecular formula is C39H28. The maximum atomic E-state index is 8.81. The zero-order valence-electron chi connectivity index (χ0n) is 26.8. The minimum absolute atomic E-state index is 0.191. The molecule has 1 aliphatic carbocycles. The van der Waals surface area contributed by atoms with Gasteiger partial charge in [-0.15, -0.1) is 0 Å². The van der Waals surface area contributed by atoms with Crippen molar-refractivity contribution < 1.29 is 6.85 Å².